The molecule has 1 aliphatic heterocycles. The summed E-state index contributed by atoms with van der Waals surface area (Å²) in [6.45, 7) is 1.95. The number of rotatable bonds is 5. The Bertz CT molecular complexity index is 1080. The van der Waals surface area contributed by atoms with Crippen molar-refractivity contribution in [1.29, 1.82) is 0 Å². The molecule has 4 rings (SSSR count). The van der Waals surface area contributed by atoms with Gasteiger partial charge >= 0.3 is 0 Å². The Morgan fingerprint density at radius 2 is 2.03 bits per heavy atom. The van der Waals surface area contributed by atoms with Crippen molar-refractivity contribution < 1.29 is 9.59 Å². The molecule has 0 spiro atoms. The molecular weight excluding hydrogens is 406 g/mol. The maximum absolute atomic E-state index is 12.9. The minimum Gasteiger partial charge on any atom is -0.320 e. The van der Waals surface area contributed by atoms with Crippen LogP contribution in [0.25, 0.3) is 0 Å². The highest BCUT2D eigenvalue weighted by Gasteiger charge is 2.26. The van der Waals surface area contributed by atoms with E-state index in [-0.39, 0.29) is 18.2 Å². The number of anilines is 2. The summed E-state index contributed by atoms with van der Waals surface area (Å²) in [5.41, 5.74) is 4.33. The third-order valence-corrected chi connectivity index (χ3v) is 6.07. The van der Waals surface area contributed by atoms with Crippen LogP contribution in [0.1, 0.15) is 18.4 Å². The van der Waals surface area contributed by atoms with Gasteiger partial charge in [-0.25, -0.2) is 5.01 Å². The molecule has 1 aliphatic rings. The minimum absolute atomic E-state index is 0.126. The van der Waals surface area contributed by atoms with Gasteiger partial charge in [-0.15, -0.1) is 10.2 Å². The van der Waals surface area contributed by atoms with Gasteiger partial charge in [-0.1, -0.05) is 47.4 Å². The number of hydrogen-bond donors (Lipinski definition) is 1. The number of nitrogens with zero attached hydrogens (tertiary/aromatic N) is 4. The van der Waals surface area contributed by atoms with Crippen molar-refractivity contribution in [3.8, 4) is 0 Å². The number of hydrazone groups is 1. The van der Waals surface area contributed by atoms with Crippen molar-refractivity contribution >= 4 is 52.0 Å². The molecule has 0 saturated heterocycles. The number of hydrogen-bond acceptors (Lipinski definition) is 7. The molecule has 0 atom stereocenters. The van der Waals surface area contributed by atoms with E-state index in [0.717, 1.165) is 14.8 Å². The Morgan fingerprint density at radius 3 is 2.83 bits per heavy atom. The van der Waals surface area contributed by atoms with E-state index < -0.39 is 0 Å². The first-order valence-electron chi connectivity index (χ1n) is 8.91. The zero-order chi connectivity index (χ0) is 20.2. The first-order chi connectivity index (χ1) is 14.1. The van der Waals surface area contributed by atoms with E-state index in [2.05, 4.69) is 20.6 Å². The number of para-hydroxylation sites is 1. The minimum atomic E-state index is -0.319. The number of nitrogens with one attached hydrogen (secondary N) is 1. The summed E-state index contributed by atoms with van der Waals surface area (Å²) < 4.78 is 0.790. The number of amides is 2. The third-order valence-electron chi connectivity index (χ3n) is 4.21. The van der Waals surface area contributed by atoms with Gasteiger partial charge in [-0.3, -0.25) is 9.59 Å². The average Bonchev–Trinajstić information content (AvgIpc) is 3.23. The average molecular weight is 424 g/mol. The Morgan fingerprint density at radius 1 is 1.17 bits per heavy atom. The summed E-state index contributed by atoms with van der Waals surface area (Å²) >= 11 is 2.87. The quantitative estimate of drug-likeness (QED) is 0.667. The normalized spacial score (nSPS) is 13.9. The molecule has 9 heteroatoms. The first-order valence-corrected chi connectivity index (χ1v) is 10.6. The van der Waals surface area contributed by atoms with Crippen LogP contribution < -0.4 is 10.3 Å². The van der Waals surface area contributed by atoms with Crippen molar-refractivity contribution in [2.24, 2.45) is 5.10 Å². The number of aromatic nitrogens is 2. The largest absolute Gasteiger partial charge is 0.320 e. The highest BCUT2D eigenvalue weighted by molar-refractivity contribution is 8.01. The number of carbonyl (C=O) groups excluding carboxylic acids is 2. The van der Waals surface area contributed by atoms with Crippen LogP contribution in [0.2, 0.25) is 0 Å². The van der Waals surface area contributed by atoms with Gasteiger partial charge in [0.15, 0.2) is 4.34 Å². The lowest BCUT2D eigenvalue weighted by atomic mass is 10.1. The molecule has 2 aromatic carbocycles. The molecule has 1 N–H and O–H groups in total. The maximum Gasteiger partial charge on any atom is 0.271 e. The van der Waals surface area contributed by atoms with Crippen molar-refractivity contribution in [2.75, 3.05) is 10.3 Å². The highest BCUT2D eigenvalue weighted by Crippen LogP contribution is 2.34. The van der Waals surface area contributed by atoms with E-state index in [1.165, 1.54) is 28.1 Å². The van der Waals surface area contributed by atoms with Gasteiger partial charge in [0, 0.05) is 17.7 Å². The zero-order valence-corrected chi connectivity index (χ0v) is 17.2. The SMILES string of the molecule is Cc1cccc(N2N=C(C(=O)Nc3ccccc3Sc3nncs3)CCC2=O)c1. The summed E-state index contributed by atoms with van der Waals surface area (Å²) in [5, 5.41) is 16.4. The van der Waals surface area contributed by atoms with Crippen LogP contribution in [0.3, 0.4) is 0 Å². The second-order valence-corrected chi connectivity index (χ2v) is 8.47. The molecule has 0 saturated carbocycles. The molecule has 7 nitrogen and oxygen atoms in total. The Kier molecular flexibility index (Phi) is 5.68. The number of carbonyl (C=O) groups is 2. The first kappa shape index (κ1) is 19.3. The summed E-state index contributed by atoms with van der Waals surface area (Å²) in [6, 6.07) is 15.0. The Labute approximate surface area is 175 Å². The lowest BCUT2D eigenvalue weighted by molar-refractivity contribution is -0.118. The van der Waals surface area contributed by atoms with Crippen LogP contribution in [0, 0.1) is 6.92 Å². The van der Waals surface area contributed by atoms with Gasteiger partial charge in [0.05, 0.1) is 11.4 Å². The topological polar surface area (TPSA) is 87.6 Å². The number of aryl methyl sites for hydroxylation is 1. The molecule has 0 unspecified atom stereocenters. The van der Waals surface area contributed by atoms with Crippen LogP contribution in [-0.4, -0.2) is 27.7 Å². The van der Waals surface area contributed by atoms with Crippen molar-refractivity contribution in [2.45, 2.75) is 29.0 Å². The van der Waals surface area contributed by atoms with Crippen LogP contribution in [0.15, 0.2) is 68.4 Å². The maximum atomic E-state index is 12.9. The van der Waals surface area contributed by atoms with Gasteiger partial charge in [-0.2, -0.15) is 5.10 Å². The molecule has 2 heterocycles. The fourth-order valence-electron chi connectivity index (χ4n) is 2.83. The Hall–Kier alpha value is -3.04. The van der Waals surface area contributed by atoms with Crippen molar-refractivity contribution in [3.05, 3.63) is 59.6 Å². The van der Waals surface area contributed by atoms with Gasteiger partial charge in [0.2, 0.25) is 5.91 Å². The predicted molar refractivity (Wildman–Crippen MR) is 114 cm³/mol. The predicted octanol–water partition coefficient (Wildman–Crippen LogP) is 4.12. The van der Waals surface area contributed by atoms with Gasteiger partial charge in [0.25, 0.3) is 5.91 Å². The van der Waals surface area contributed by atoms with Crippen LogP contribution >= 0.6 is 23.1 Å². The summed E-state index contributed by atoms with van der Waals surface area (Å²) in [7, 11) is 0. The van der Waals surface area contributed by atoms with Crippen molar-refractivity contribution in [1.82, 2.24) is 10.2 Å². The lowest BCUT2D eigenvalue weighted by Crippen LogP contribution is -2.36. The molecule has 3 aromatic rings. The van der Waals surface area contributed by atoms with E-state index in [1.54, 1.807) is 5.51 Å². The molecule has 146 valence electrons. The number of benzene rings is 2. The second-order valence-electron chi connectivity index (χ2n) is 6.35. The van der Waals surface area contributed by atoms with E-state index in [9.17, 15) is 9.59 Å². The molecule has 2 amide bonds. The van der Waals surface area contributed by atoms with E-state index in [0.29, 0.717) is 23.5 Å². The fourth-order valence-corrected chi connectivity index (χ4v) is 4.35. The Balaban J connectivity index is 1.55. The highest BCUT2D eigenvalue weighted by atomic mass is 32.2. The fraction of sp³-hybridized carbons (Fsp3) is 0.150. The molecular formula is C20H17N5O2S2. The van der Waals surface area contributed by atoms with Gasteiger partial charge < -0.3 is 5.32 Å². The summed E-state index contributed by atoms with van der Waals surface area (Å²) in [6.07, 6.45) is 0.542. The molecule has 29 heavy (non-hydrogen) atoms. The van der Waals surface area contributed by atoms with E-state index >= 15 is 0 Å². The molecule has 0 radical (unpaired) electrons. The van der Waals surface area contributed by atoms with Crippen molar-refractivity contribution in [3.63, 3.8) is 0 Å². The summed E-state index contributed by atoms with van der Waals surface area (Å²) in [4.78, 5) is 26.1. The van der Waals surface area contributed by atoms with Gasteiger partial charge in [-0.05, 0) is 36.8 Å². The van der Waals surface area contributed by atoms with Crippen LogP contribution in [0.4, 0.5) is 11.4 Å². The standard InChI is InChI=1S/C20H17N5O2S2/c1-13-5-4-6-14(11-13)25-18(26)10-9-16(24-25)19(27)22-15-7-2-3-8-17(15)29-20-23-21-12-28-20/h2-8,11-12H,9-10H2,1H3,(H,22,27). The molecule has 1 aromatic heterocycles. The molecule has 0 bridgehead atoms. The third kappa shape index (κ3) is 4.52. The molecule has 0 aliphatic carbocycles. The van der Waals surface area contributed by atoms with Crippen LogP contribution in [0.5, 0.6) is 0 Å². The van der Waals surface area contributed by atoms with E-state index in [4.69, 9.17) is 0 Å². The monoisotopic (exact) mass is 423 g/mol. The van der Waals surface area contributed by atoms with E-state index in [1.807, 2.05) is 55.5 Å². The smallest absolute Gasteiger partial charge is 0.271 e. The van der Waals surface area contributed by atoms with Crippen LogP contribution in [-0.2, 0) is 9.59 Å². The molecule has 0 fully saturated rings. The lowest BCUT2D eigenvalue weighted by Gasteiger charge is -2.23. The van der Waals surface area contributed by atoms with Gasteiger partial charge in [0.1, 0.15) is 11.2 Å². The summed E-state index contributed by atoms with van der Waals surface area (Å²) in [5.74, 6) is -0.445. The second kappa shape index (κ2) is 8.54. The zero-order valence-electron chi connectivity index (χ0n) is 15.5.